The predicted molar refractivity (Wildman–Crippen MR) is 89.5 cm³/mol. The first-order chi connectivity index (χ1) is 11.5. The predicted octanol–water partition coefficient (Wildman–Crippen LogP) is 2.33. The standard InChI is InChI=1S/C18H22N2O4/c1-19(11-14-10-13-6-2-3-8-16(13)24-14)15-7-4-5-9-20(18(15)23)12-17(21)22/h2-3,6,8,10,15H,4-5,7,9,11-12H2,1H3,(H,21,22). The molecule has 0 spiro atoms. The molecule has 1 aromatic heterocycles. The Morgan fingerprint density at radius 3 is 2.92 bits per heavy atom. The molecule has 6 nitrogen and oxygen atoms in total. The van der Waals surface area contributed by atoms with Gasteiger partial charge in [-0.2, -0.15) is 0 Å². The van der Waals surface area contributed by atoms with Gasteiger partial charge in [-0.05, 0) is 38.4 Å². The molecule has 0 radical (unpaired) electrons. The molecule has 0 saturated carbocycles. The molecule has 1 atom stereocenters. The largest absolute Gasteiger partial charge is 0.480 e. The van der Waals surface area contributed by atoms with Gasteiger partial charge in [0.1, 0.15) is 17.9 Å². The van der Waals surface area contributed by atoms with Crippen molar-refractivity contribution in [3.05, 3.63) is 36.1 Å². The summed E-state index contributed by atoms with van der Waals surface area (Å²) in [6, 6.07) is 9.49. The summed E-state index contributed by atoms with van der Waals surface area (Å²) >= 11 is 0. The number of likely N-dealkylation sites (tertiary alicyclic amines) is 1. The van der Waals surface area contributed by atoms with Gasteiger partial charge in [-0.1, -0.05) is 18.2 Å². The van der Waals surface area contributed by atoms with E-state index in [0.717, 1.165) is 36.0 Å². The molecule has 1 aliphatic rings. The van der Waals surface area contributed by atoms with E-state index in [2.05, 4.69) is 0 Å². The summed E-state index contributed by atoms with van der Waals surface area (Å²) in [6.45, 7) is 0.805. The van der Waals surface area contributed by atoms with Crippen LogP contribution in [0.3, 0.4) is 0 Å². The number of furan rings is 1. The van der Waals surface area contributed by atoms with E-state index in [1.54, 1.807) is 0 Å². The maximum atomic E-state index is 12.7. The lowest BCUT2D eigenvalue weighted by atomic mass is 10.1. The molecule has 1 saturated heterocycles. The van der Waals surface area contributed by atoms with Gasteiger partial charge in [0.2, 0.25) is 5.91 Å². The van der Waals surface area contributed by atoms with Gasteiger partial charge in [0.05, 0.1) is 12.6 Å². The average Bonchev–Trinajstić information content (AvgIpc) is 2.85. The maximum Gasteiger partial charge on any atom is 0.323 e. The fraction of sp³-hybridized carbons (Fsp3) is 0.444. The number of aliphatic carboxylic acids is 1. The third-order valence-corrected chi connectivity index (χ3v) is 4.49. The number of benzene rings is 1. The molecule has 1 N–H and O–H groups in total. The van der Waals surface area contributed by atoms with Crippen LogP contribution in [0.4, 0.5) is 0 Å². The highest BCUT2D eigenvalue weighted by molar-refractivity contribution is 5.85. The van der Waals surface area contributed by atoms with E-state index < -0.39 is 5.97 Å². The fourth-order valence-corrected chi connectivity index (χ4v) is 3.28. The molecule has 1 aromatic carbocycles. The number of likely N-dealkylation sites (N-methyl/N-ethyl adjacent to an activating group) is 1. The van der Waals surface area contributed by atoms with Gasteiger partial charge in [0.25, 0.3) is 0 Å². The number of para-hydroxylation sites is 1. The van der Waals surface area contributed by atoms with Crippen LogP contribution in [-0.2, 0) is 16.1 Å². The minimum atomic E-state index is -0.969. The second kappa shape index (κ2) is 7.05. The van der Waals surface area contributed by atoms with Crippen LogP contribution in [-0.4, -0.2) is 53.0 Å². The van der Waals surface area contributed by atoms with Crippen LogP contribution in [0.15, 0.2) is 34.7 Å². The lowest BCUT2D eigenvalue weighted by Crippen LogP contribution is -2.47. The smallest absolute Gasteiger partial charge is 0.323 e. The number of rotatable bonds is 5. The zero-order chi connectivity index (χ0) is 17.1. The van der Waals surface area contributed by atoms with Crippen molar-refractivity contribution in [2.75, 3.05) is 20.1 Å². The second-order valence-electron chi connectivity index (χ2n) is 6.33. The van der Waals surface area contributed by atoms with Gasteiger partial charge < -0.3 is 14.4 Å². The zero-order valence-corrected chi connectivity index (χ0v) is 13.8. The molecule has 1 aliphatic heterocycles. The van der Waals surface area contributed by atoms with Crippen molar-refractivity contribution in [2.24, 2.45) is 0 Å². The van der Waals surface area contributed by atoms with E-state index in [4.69, 9.17) is 9.52 Å². The van der Waals surface area contributed by atoms with Gasteiger partial charge in [0.15, 0.2) is 0 Å². The first-order valence-electron chi connectivity index (χ1n) is 8.23. The SMILES string of the molecule is CN(Cc1cc2ccccc2o1)C1CCCCN(CC(=O)O)C1=O. The summed E-state index contributed by atoms with van der Waals surface area (Å²) in [4.78, 5) is 27.1. The lowest BCUT2D eigenvalue weighted by Gasteiger charge is -2.28. The fourth-order valence-electron chi connectivity index (χ4n) is 3.28. The number of carbonyl (C=O) groups is 2. The molecule has 2 heterocycles. The summed E-state index contributed by atoms with van der Waals surface area (Å²) < 4.78 is 5.83. The molecule has 1 amide bonds. The molecular formula is C18H22N2O4. The molecule has 0 bridgehead atoms. The van der Waals surface area contributed by atoms with Gasteiger partial charge >= 0.3 is 5.97 Å². The average molecular weight is 330 g/mol. The summed E-state index contributed by atoms with van der Waals surface area (Å²) in [5, 5.41) is 10.0. The van der Waals surface area contributed by atoms with Crippen molar-refractivity contribution in [1.82, 2.24) is 9.80 Å². The summed E-state index contributed by atoms with van der Waals surface area (Å²) in [5.41, 5.74) is 0.834. The second-order valence-corrected chi connectivity index (χ2v) is 6.33. The minimum Gasteiger partial charge on any atom is -0.480 e. The Labute approximate surface area is 140 Å². The van der Waals surface area contributed by atoms with Gasteiger partial charge in [-0.15, -0.1) is 0 Å². The van der Waals surface area contributed by atoms with Crippen molar-refractivity contribution in [3.8, 4) is 0 Å². The number of carboxylic acids is 1. The highest BCUT2D eigenvalue weighted by Gasteiger charge is 2.31. The Morgan fingerprint density at radius 2 is 2.17 bits per heavy atom. The van der Waals surface area contributed by atoms with Gasteiger partial charge in [0, 0.05) is 11.9 Å². The Bertz CT molecular complexity index is 706. The molecule has 24 heavy (non-hydrogen) atoms. The van der Waals surface area contributed by atoms with Crippen LogP contribution >= 0.6 is 0 Å². The number of fused-ring (bicyclic) bond motifs is 1. The monoisotopic (exact) mass is 330 g/mol. The Balaban J connectivity index is 1.73. The Kier molecular flexibility index (Phi) is 4.85. The number of carboxylic acid groups (broad SMARTS) is 1. The van der Waals surface area contributed by atoms with Crippen molar-refractivity contribution in [3.63, 3.8) is 0 Å². The van der Waals surface area contributed by atoms with Crippen LogP contribution in [0, 0.1) is 0 Å². The molecule has 3 rings (SSSR count). The van der Waals surface area contributed by atoms with Crippen LogP contribution in [0.25, 0.3) is 11.0 Å². The van der Waals surface area contributed by atoms with E-state index in [1.165, 1.54) is 4.90 Å². The van der Waals surface area contributed by atoms with Crippen LogP contribution < -0.4 is 0 Å². The van der Waals surface area contributed by atoms with E-state index >= 15 is 0 Å². The van der Waals surface area contributed by atoms with Crippen LogP contribution in [0.1, 0.15) is 25.0 Å². The number of carbonyl (C=O) groups excluding carboxylic acids is 1. The highest BCUT2D eigenvalue weighted by Crippen LogP contribution is 2.22. The minimum absolute atomic E-state index is 0.103. The number of nitrogens with zero attached hydrogens (tertiary/aromatic N) is 2. The topological polar surface area (TPSA) is 74.0 Å². The molecule has 6 heteroatoms. The van der Waals surface area contributed by atoms with Crippen molar-refractivity contribution >= 4 is 22.8 Å². The third-order valence-electron chi connectivity index (χ3n) is 4.49. The molecule has 128 valence electrons. The maximum absolute atomic E-state index is 12.7. The summed E-state index contributed by atoms with van der Waals surface area (Å²) in [7, 11) is 1.89. The van der Waals surface area contributed by atoms with Crippen LogP contribution in [0.5, 0.6) is 0 Å². The molecule has 1 fully saturated rings. The number of amides is 1. The molecule has 2 aromatic rings. The van der Waals surface area contributed by atoms with Crippen molar-refractivity contribution < 1.29 is 19.1 Å². The quantitative estimate of drug-likeness (QED) is 0.911. The normalized spacial score (nSPS) is 19.0. The molecular weight excluding hydrogens is 308 g/mol. The molecule has 0 aliphatic carbocycles. The van der Waals surface area contributed by atoms with Gasteiger partial charge in [-0.25, -0.2) is 0 Å². The van der Waals surface area contributed by atoms with E-state index in [-0.39, 0.29) is 18.5 Å². The first kappa shape index (κ1) is 16.5. The lowest BCUT2D eigenvalue weighted by molar-refractivity contribution is -0.146. The van der Waals surface area contributed by atoms with E-state index in [1.807, 2.05) is 42.3 Å². The van der Waals surface area contributed by atoms with Gasteiger partial charge in [-0.3, -0.25) is 14.5 Å². The molecule has 1 unspecified atom stereocenters. The van der Waals surface area contributed by atoms with E-state index in [0.29, 0.717) is 13.1 Å². The van der Waals surface area contributed by atoms with Crippen molar-refractivity contribution in [2.45, 2.75) is 31.8 Å². The third kappa shape index (κ3) is 3.59. The summed E-state index contributed by atoms with van der Waals surface area (Å²) in [6.07, 6.45) is 2.50. The highest BCUT2D eigenvalue weighted by atomic mass is 16.4. The zero-order valence-electron chi connectivity index (χ0n) is 13.8. The van der Waals surface area contributed by atoms with Crippen LogP contribution in [0.2, 0.25) is 0 Å². The summed E-state index contributed by atoms with van der Waals surface area (Å²) in [5.74, 6) is -0.266. The van der Waals surface area contributed by atoms with E-state index in [9.17, 15) is 9.59 Å². The Hall–Kier alpha value is -2.34. The Morgan fingerprint density at radius 1 is 1.38 bits per heavy atom. The number of hydrogen-bond donors (Lipinski definition) is 1. The first-order valence-corrected chi connectivity index (χ1v) is 8.23. The number of hydrogen-bond acceptors (Lipinski definition) is 4. The van der Waals surface area contributed by atoms with Crippen molar-refractivity contribution in [1.29, 1.82) is 0 Å².